The topological polar surface area (TPSA) is 55.4 Å². The van der Waals surface area contributed by atoms with E-state index in [1.807, 2.05) is 42.5 Å². The third-order valence-corrected chi connectivity index (χ3v) is 4.58. The first-order valence-corrected chi connectivity index (χ1v) is 8.97. The summed E-state index contributed by atoms with van der Waals surface area (Å²) in [5.41, 5.74) is 2.02. The Bertz CT molecular complexity index is 667. The number of nitrogens with one attached hydrogen (secondary N) is 1. The van der Waals surface area contributed by atoms with Crippen LogP contribution < -0.4 is 9.46 Å². The van der Waals surface area contributed by atoms with Gasteiger partial charge in [0.05, 0.1) is 5.75 Å². The second-order valence-corrected chi connectivity index (χ2v) is 6.79. The van der Waals surface area contributed by atoms with Gasteiger partial charge in [-0.15, -0.1) is 0 Å². The summed E-state index contributed by atoms with van der Waals surface area (Å²) in [5.74, 6) is 0.735. The molecule has 0 amide bonds. The van der Waals surface area contributed by atoms with Gasteiger partial charge in [-0.3, -0.25) is 0 Å². The highest BCUT2D eigenvalue weighted by molar-refractivity contribution is 7.88. The minimum absolute atomic E-state index is 0.0148. The summed E-state index contributed by atoms with van der Waals surface area (Å²) in [7, 11) is -3.33. The molecule has 0 bridgehead atoms. The molecule has 0 radical (unpaired) electrons. The lowest BCUT2D eigenvalue weighted by Gasteiger charge is -2.09. The number of aryl methyl sites for hydroxylation is 1. The Morgan fingerprint density at radius 2 is 1.64 bits per heavy atom. The fourth-order valence-electron chi connectivity index (χ4n) is 2.03. The summed E-state index contributed by atoms with van der Waals surface area (Å²) in [5, 5.41) is 0. The van der Waals surface area contributed by atoms with Crippen molar-refractivity contribution in [2.24, 2.45) is 0 Å². The van der Waals surface area contributed by atoms with Crippen LogP contribution in [0.15, 0.2) is 54.6 Å². The van der Waals surface area contributed by atoms with Crippen molar-refractivity contribution in [2.75, 3.05) is 13.2 Å². The molecule has 2 aromatic rings. The van der Waals surface area contributed by atoms with Crippen LogP contribution in [0.2, 0.25) is 0 Å². The number of hydrogen-bond donors (Lipinski definition) is 1. The van der Waals surface area contributed by atoms with Gasteiger partial charge >= 0.3 is 0 Å². The molecule has 0 heterocycles. The molecule has 0 aliphatic heterocycles. The van der Waals surface area contributed by atoms with Crippen LogP contribution in [-0.4, -0.2) is 21.6 Å². The summed E-state index contributed by atoms with van der Waals surface area (Å²) in [4.78, 5) is 0. The van der Waals surface area contributed by atoms with Crippen molar-refractivity contribution in [1.82, 2.24) is 4.72 Å². The molecule has 0 aliphatic rings. The van der Waals surface area contributed by atoms with E-state index in [2.05, 4.69) is 11.6 Å². The van der Waals surface area contributed by atoms with Crippen molar-refractivity contribution >= 4 is 10.0 Å². The van der Waals surface area contributed by atoms with Gasteiger partial charge < -0.3 is 4.74 Å². The van der Waals surface area contributed by atoms with Crippen molar-refractivity contribution in [3.63, 3.8) is 0 Å². The van der Waals surface area contributed by atoms with E-state index in [0.29, 0.717) is 6.61 Å². The SMILES string of the molecule is CCc1ccc(OCCNS(=O)(=O)Cc2ccccc2)cc1. The number of benzene rings is 2. The van der Waals surface area contributed by atoms with Crippen LogP contribution in [0.5, 0.6) is 5.75 Å². The molecule has 0 fully saturated rings. The van der Waals surface area contributed by atoms with Crippen LogP contribution in [0.1, 0.15) is 18.1 Å². The van der Waals surface area contributed by atoms with Gasteiger partial charge in [0, 0.05) is 6.54 Å². The highest BCUT2D eigenvalue weighted by Crippen LogP contribution is 2.12. The fourth-order valence-corrected chi connectivity index (χ4v) is 3.16. The maximum Gasteiger partial charge on any atom is 0.215 e. The zero-order valence-electron chi connectivity index (χ0n) is 12.7. The fraction of sp³-hybridized carbons (Fsp3) is 0.294. The Balaban J connectivity index is 1.75. The maximum atomic E-state index is 11.9. The molecule has 0 unspecified atom stereocenters. The van der Waals surface area contributed by atoms with E-state index in [9.17, 15) is 8.42 Å². The maximum absolute atomic E-state index is 11.9. The van der Waals surface area contributed by atoms with Crippen LogP contribution >= 0.6 is 0 Å². The number of hydrogen-bond acceptors (Lipinski definition) is 3. The van der Waals surface area contributed by atoms with Crippen molar-refractivity contribution in [3.05, 3.63) is 65.7 Å². The van der Waals surface area contributed by atoms with Gasteiger partial charge in [0.1, 0.15) is 12.4 Å². The third-order valence-electron chi connectivity index (χ3n) is 3.22. The quantitative estimate of drug-likeness (QED) is 0.761. The lowest BCUT2D eigenvalue weighted by molar-refractivity contribution is 0.322. The summed E-state index contributed by atoms with van der Waals surface area (Å²) in [6.45, 7) is 2.65. The molecule has 2 aromatic carbocycles. The van der Waals surface area contributed by atoms with Crippen LogP contribution in [0.4, 0.5) is 0 Å². The molecule has 118 valence electrons. The van der Waals surface area contributed by atoms with Gasteiger partial charge in [0.15, 0.2) is 0 Å². The average molecular weight is 319 g/mol. The van der Waals surface area contributed by atoms with Gasteiger partial charge in [-0.05, 0) is 29.7 Å². The molecule has 1 N–H and O–H groups in total. The smallest absolute Gasteiger partial charge is 0.215 e. The third kappa shape index (κ3) is 5.50. The van der Waals surface area contributed by atoms with E-state index in [-0.39, 0.29) is 12.3 Å². The summed E-state index contributed by atoms with van der Waals surface area (Å²) < 4.78 is 31.9. The van der Waals surface area contributed by atoms with Crippen LogP contribution in [0, 0.1) is 0 Å². The molecule has 22 heavy (non-hydrogen) atoms. The Hall–Kier alpha value is -1.85. The second kappa shape index (κ2) is 7.96. The Kier molecular flexibility index (Phi) is 5.98. The van der Waals surface area contributed by atoms with Crippen molar-refractivity contribution in [3.8, 4) is 5.75 Å². The molecular formula is C17H21NO3S. The summed E-state index contributed by atoms with van der Waals surface area (Å²) in [6.07, 6.45) is 0.986. The minimum atomic E-state index is -3.33. The first-order valence-electron chi connectivity index (χ1n) is 7.32. The monoisotopic (exact) mass is 319 g/mol. The number of sulfonamides is 1. The highest BCUT2D eigenvalue weighted by atomic mass is 32.2. The van der Waals surface area contributed by atoms with Gasteiger partial charge in [0.2, 0.25) is 10.0 Å². The molecular weight excluding hydrogens is 298 g/mol. The average Bonchev–Trinajstić information content (AvgIpc) is 2.53. The molecule has 0 aromatic heterocycles. The Morgan fingerprint density at radius 3 is 2.27 bits per heavy atom. The van der Waals surface area contributed by atoms with Crippen LogP contribution in [-0.2, 0) is 22.2 Å². The first kappa shape index (κ1) is 16.5. The predicted molar refractivity (Wildman–Crippen MR) is 88.4 cm³/mol. The first-order chi connectivity index (χ1) is 10.6. The molecule has 0 saturated carbocycles. The van der Waals surface area contributed by atoms with Crippen molar-refractivity contribution < 1.29 is 13.2 Å². The van der Waals surface area contributed by atoms with Crippen LogP contribution in [0.25, 0.3) is 0 Å². The predicted octanol–water partition coefficient (Wildman–Crippen LogP) is 2.75. The van der Waals surface area contributed by atoms with Crippen LogP contribution in [0.3, 0.4) is 0 Å². The molecule has 0 saturated heterocycles. The largest absolute Gasteiger partial charge is 0.492 e. The van der Waals surface area contributed by atoms with Gasteiger partial charge in [-0.1, -0.05) is 49.4 Å². The normalized spacial score (nSPS) is 11.3. The molecule has 0 atom stereocenters. The van der Waals surface area contributed by atoms with Gasteiger partial charge in [0.25, 0.3) is 0 Å². The van der Waals surface area contributed by atoms with E-state index < -0.39 is 10.0 Å². The Labute approximate surface area is 132 Å². The van der Waals surface area contributed by atoms with Gasteiger partial charge in [-0.25, -0.2) is 13.1 Å². The number of rotatable bonds is 8. The molecule has 0 aliphatic carbocycles. The van der Waals surface area contributed by atoms with Gasteiger partial charge in [-0.2, -0.15) is 0 Å². The van der Waals surface area contributed by atoms with E-state index in [0.717, 1.165) is 17.7 Å². The standard InChI is InChI=1S/C17H21NO3S/c1-2-15-8-10-17(11-9-15)21-13-12-18-22(19,20)14-16-6-4-3-5-7-16/h3-11,18H,2,12-14H2,1H3. The van der Waals surface area contributed by atoms with E-state index >= 15 is 0 Å². The van der Waals surface area contributed by atoms with Crippen molar-refractivity contribution in [1.29, 1.82) is 0 Å². The van der Waals surface area contributed by atoms with E-state index in [4.69, 9.17) is 4.74 Å². The Morgan fingerprint density at radius 1 is 0.955 bits per heavy atom. The zero-order chi connectivity index (χ0) is 15.8. The molecule has 5 heteroatoms. The number of ether oxygens (including phenoxy) is 1. The minimum Gasteiger partial charge on any atom is -0.492 e. The van der Waals surface area contributed by atoms with E-state index in [1.54, 1.807) is 12.1 Å². The molecule has 0 spiro atoms. The zero-order valence-corrected chi connectivity index (χ0v) is 13.5. The molecule has 2 rings (SSSR count). The summed E-state index contributed by atoms with van der Waals surface area (Å²) >= 11 is 0. The summed E-state index contributed by atoms with van der Waals surface area (Å²) in [6, 6.07) is 16.9. The highest BCUT2D eigenvalue weighted by Gasteiger charge is 2.10. The van der Waals surface area contributed by atoms with E-state index in [1.165, 1.54) is 5.56 Å². The van der Waals surface area contributed by atoms with Crippen molar-refractivity contribution in [2.45, 2.75) is 19.1 Å². The molecule has 4 nitrogen and oxygen atoms in total. The lowest BCUT2D eigenvalue weighted by atomic mass is 10.2. The lowest BCUT2D eigenvalue weighted by Crippen LogP contribution is -2.29. The second-order valence-electron chi connectivity index (χ2n) is 4.98.